The van der Waals surface area contributed by atoms with Gasteiger partial charge in [0.1, 0.15) is 5.82 Å². The fraction of sp³-hybridized carbons (Fsp3) is 0. The summed E-state index contributed by atoms with van der Waals surface area (Å²) in [5.74, 6) is 0.833. The van der Waals surface area contributed by atoms with E-state index in [0.29, 0.717) is 5.16 Å². The molecular weight excluding hydrogens is 170 g/mol. The van der Waals surface area contributed by atoms with Crippen LogP contribution in [-0.2, 0) is 0 Å². The summed E-state index contributed by atoms with van der Waals surface area (Å²) in [7, 11) is 0. The van der Waals surface area contributed by atoms with Gasteiger partial charge >= 0.3 is 0 Å². The third-order valence-electron chi connectivity index (χ3n) is 1.52. The van der Waals surface area contributed by atoms with Crippen LogP contribution >= 0.6 is 12.6 Å². The Bertz CT molecular complexity index is 369. The normalized spacial score (nSPS) is 10.1. The number of aromatic nitrogens is 3. The Hall–Kier alpha value is -1.29. The molecule has 0 saturated heterocycles. The minimum atomic E-state index is 0.647. The van der Waals surface area contributed by atoms with Gasteiger partial charge in [-0.05, 0) is 12.1 Å². The molecule has 2 heterocycles. The van der Waals surface area contributed by atoms with Crippen LogP contribution in [0, 0.1) is 0 Å². The van der Waals surface area contributed by atoms with Gasteiger partial charge in [0.05, 0.1) is 0 Å². The first kappa shape index (κ1) is 7.36. The molecule has 0 aliphatic heterocycles. The lowest BCUT2D eigenvalue weighted by molar-refractivity contribution is 0.868. The molecule has 0 atom stereocenters. The van der Waals surface area contributed by atoms with E-state index < -0.39 is 0 Å². The Morgan fingerprint density at radius 1 is 1.17 bits per heavy atom. The lowest BCUT2D eigenvalue weighted by Crippen LogP contribution is -1.94. The van der Waals surface area contributed by atoms with Crippen LogP contribution in [0.4, 0.5) is 0 Å². The minimum Gasteiger partial charge on any atom is -0.279 e. The van der Waals surface area contributed by atoms with Crippen LogP contribution in [0.2, 0.25) is 0 Å². The van der Waals surface area contributed by atoms with Crippen LogP contribution in [0.5, 0.6) is 0 Å². The second-order valence-corrected chi connectivity index (χ2v) is 2.69. The Kier molecular flexibility index (Phi) is 1.83. The van der Waals surface area contributed by atoms with Crippen molar-refractivity contribution >= 4 is 12.6 Å². The van der Waals surface area contributed by atoms with Crippen LogP contribution < -0.4 is 0 Å². The van der Waals surface area contributed by atoms with Gasteiger partial charge in [0.15, 0.2) is 5.16 Å². The molecule has 12 heavy (non-hydrogen) atoms. The summed E-state index contributed by atoms with van der Waals surface area (Å²) in [6.45, 7) is 0. The number of hydrogen-bond acceptors (Lipinski definition) is 3. The average Bonchev–Trinajstić information content (AvgIpc) is 2.53. The van der Waals surface area contributed by atoms with Gasteiger partial charge in [-0.1, -0.05) is 6.07 Å². The lowest BCUT2D eigenvalue weighted by atomic mass is 10.5. The van der Waals surface area contributed by atoms with E-state index in [1.54, 1.807) is 12.4 Å². The smallest absolute Gasteiger partial charge is 0.170 e. The highest BCUT2D eigenvalue weighted by Crippen LogP contribution is 2.09. The van der Waals surface area contributed by atoms with Gasteiger partial charge in [-0.2, -0.15) is 0 Å². The molecule has 2 rings (SSSR count). The summed E-state index contributed by atoms with van der Waals surface area (Å²) < 4.78 is 1.81. The zero-order valence-corrected chi connectivity index (χ0v) is 7.15. The van der Waals surface area contributed by atoms with E-state index in [0.717, 1.165) is 5.82 Å². The summed E-state index contributed by atoms with van der Waals surface area (Å²) in [4.78, 5) is 8.14. The summed E-state index contributed by atoms with van der Waals surface area (Å²) >= 11 is 4.17. The van der Waals surface area contributed by atoms with Crippen LogP contribution in [-0.4, -0.2) is 14.5 Å². The fourth-order valence-corrected chi connectivity index (χ4v) is 1.21. The monoisotopic (exact) mass is 177 g/mol. The number of thiol groups is 1. The topological polar surface area (TPSA) is 30.7 Å². The third kappa shape index (κ3) is 1.21. The van der Waals surface area contributed by atoms with Crippen molar-refractivity contribution in [2.45, 2.75) is 5.16 Å². The van der Waals surface area contributed by atoms with Gasteiger partial charge in [-0.25, -0.2) is 9.97 Å². The van der Waals surface area contributed by atoms with Crippen molar-refractivity contribution in [3.63, 3.8) is 0 Å². The molecule has 0 aromatic carbocycles. The predicted octanol–water partition coefficient (Wildman–Crippen LogP) is 1.56. The van der Waals surface area contributed by atoms with E-state index in [2.05, 4.69) is 22.6 Å². The van der Waals surface area contributed by atoms with Crippen molar-refractivity contribution < 1.29 is 0 Å². The molecule has 0 N–H and O–H groups in total. The molecule has 2 aromatic heterocycles. The zero-order chi connectivity index (χ0) is 8.39. The quantitative estimate of drug-likeness (QED) is 0.670. The fourth-order valence-electron chi connectivity index (χ4n) is 0.971. The van der Waals surface area contributed by atoms with Gasteiger partial charge < -0.3 is 0 Å². The summed E-state index contributed by atoms with van der Waals surface area (Å²) in [6.07, 6.45) is 5.25. The molecule has 0 aliphatic carbocycles. The second-order valence-electron chi connectivity index (χ2n) is 2.29. The van der Waals surface area contributed by atoms with E-state index >= 15 is 0 Å². The standard InChI is InChI=1S/C8H7N3S/c12-8-10-5-6-11(8)7-3-1-2-4-9-7/h1-6H,(H,10,12). The number of pyridine rings is 1. The van der Waals surface area contributed by atoms with E-state index in [-0.39, 0.29) is 0 Å². The largest absolute Gasteiger partial charge is 0.279 e. The van der Waals surface area contributed by atoms with Crippen molar-refractivity contribution in [2.75, 3.05) is 0 Å². The highest BCUT2D eigenvalue weighted by atomic mass is 32.1. The SMILES string of the molecule is Sc1nccn1-c1ccccn1. The molecule has 0 saturated carbocycles. The third-order valence-corrected chi connectivity index (χ3v) is 1.85. The number of rotatable bonds is 1. The molecule has 0 amide bonds. The van der Waals surface area contributed by atoms with Crippen LogP contribution in [0.25, 0.3) is 5.82 Å². The van der Waals surface area contributed by atoms with E-state index in [4.69, 9.17) is 0 Å². The van der Waals surface area contributed by atoms with E-state index in [9.17, 15) is 0 Å². The van der Waals surface area contributed by atoms with Gasteiger partial charge in [0, 0.05) is 18.6 Å². The van der Waals surface area contributed by atoms with Crippen LogP contribution in [0.3, 0.4) is 0 Å². The van der Waals surface area contributed by atoms with Gasteiger partial charge in [0.25, 0.3) is 0 Å². The van der Waals surface area contributed by atoms with Crippen molar-refractivity contribution in [3.8, 4) is 5.82 Å². The van der Waals surface area contributed by atoms with Crippen molar-refractivity contribution in [1.29, 1.82) is 0 Å². The van der Waals surface area contributed by atoms with E-state index in [1.807, 2.05) is 29.0 Å². The summed E-state index contributed by atoms with van der Waals surface area (Å²) in [5, 5.41) is 0.647. The minimum absolute atomic E-state index is 0.647. The zero-order valence-electron chi connectivity index (χ0n) is 6.25. The number of hydrogen-bond donors (Lipinski definition) is 1. The molecule has 0 spiro atoms. The molecule has 0 aliphatic rings. The number of nitrogens with zero attached hydrogens (tertiary/aromatic N) is 3. The lowest BCUT2D eigenvalue weighted by Gasteiger charge is -2.00. The maximum Gasteiger partial charge on any atom is 0.170 e. The maximum absolute atomic E-state index is 4.17. The molecule has 0 radical (unpaired) electrons. The predicted molar refractivity (Wildman–Crippen MR) is 48.6 cm³/mol. The average molecular weight is 177 g/mol. The Morgan fingerprint density at radius 3 is 2.67 bits per heavy atom. The molecule has 3 nitrogen and oxygen atoms in total. The first-order valence-electron chi connectivity index (χ1n) is 3.51. The van der Waals surface area contributed by atoms with Gasteiger partial charge in [-0.3, -0.25) is 4.57 Å². The van der Waals surface area contributed by atoms with Crippen molar-refractivity contribution in [3.05, 3.63) is 36.8 Å². The van der Waals surface area contributed by atoms with Gasteiger partial charge in [0.2, 0.25) is 0 Å². The van der Waals surface area contributed by atoms with Crippen molar-refractivity contribution in [2.24, 2.45) is 0 Å². The van der Waals surface area contributed by atoms with Crippen LogP contribution in [0.15, 0.2) is 41.9 Å². The summed E-state index contributed by atoms with van der Waals surface area (Å²) in [5.41, 5.74) is 0. The highest BCUT2D eigenvalue weighted by Gasteiger charge is 1.99. The molecule has 2 aromatic rings. The molecule has 60 valence electrons. The Balaban J connectivity index is 2.51. The van der Waals surface area contributed by atoms with Crippen LogP contribution in [0.1, 0.15) is 0 Å². The highest BCUT2D eigenvalue weighted by molar-refractivity contribution is 7.80. The summed E-state index contributed by atoms with van der Waals surface area (Å²) in [6, 6.07) is 5.70. The Labute approximate surface area is 75.5 Å². The maximum atomic E-state index is 4.17. The van der Waals surface area contributed by atoms with Gasteiger partial charge in [-0.15, -0.1) is 12.6 Å². The number of imidazole rings is 1. The first-order chi connectivity index (χ1) is 5.88. The molecule has 4 heteroatoms. The van der Waals surface area contributed by atoms with E-state index in [1.165, 1.54) is 0 Å². The molecule has 0 bridgehead atoms. The second kappa shape index (κ2) is 2.98. The Morgan fingerprint density at radius 2 is 2.08 bits per heavy atom. The first-order valence-corrected chi connectivity index (χ1v) is 3.96. The van der Waals surface area contributed by atoms with Crippen molar-refractivity contribution in [1.82, 2.24) is 14.5 Å². The molecular formula is C8H7N3S. The molecule has 0 unspecified atom stereocenters. The molecule has 0 fully saturated rings.